The van der Waals surface area contributed by atoms with Crippen LogP contribution >= 0.6 is 0 Å². The van der Waals surface area contributed by atoms with Crippen LogP contribution in [0.3, 0.4) is 0 Å². The van der Waals surface area contributed by atoms with Crippen LogP contribution in [0.25, 0.3) is 10.9 Å². The number of aryl methyl sites for hydroxylation is 1. The van der Waals surface area contributed by atoms with Gasteiger partial charge in [-0.3, -0.25) is 4.68 Å². The molecule has 0 aliphatic carbocycles. The summed E-state index contributed by atoms with van der Waals surface area (Å²) in [6.07, 6.45) is 1.74. The number of nitrogens with zero attached hydrogens (tertiary/aromatic N) is 3. The third-order valence-corrected chi connectivity index (χ3v) is 7.33. The van der Waals surface area contributed by atoms with E-state index < -0.39 is 27.6 Å². The molecule has 1 aliphatic rings. The van der Waals surface area contributed by atoms with E-state index in [-0.39, 0.29) is 34.2 Å². The van der Waals surface area contributed by atoms with Gasteiger partial charge < -0.3 is 5.32 Å². The lowest BCUT2D eigenvalue weighted by molar-refractivity contribution is 0.577. The third-order valence-electron chi connectivity index (χ3n) is 5.95. The van der Waals surface area contributed by atoms with Gasteiger partial charge in [0.25, 0.3) is 10.0 Å². The number of nitrogens with one attached hydrogen (secondary N) is 2. The summed E-state index contributed by atoms with van der Waals surface area (Å²) in [5.74, 6) is -1.92. The maximum absolute atomic E-state index is 15.0. The van der Waals surface area contributed by atoms with E-state index in [4.69, 9.17) is 0 Å². The van der Waals surface area contributed by atoms with E-state index in [1.54, 1.807) is 36.0 Å². The van der Waals surface area contributed by atoms with E-state index in [2.05, 4.69) is 20.1 Å². The molecule has 2 heterocycles. The van der Waals surface area contributed by atoms with Crippen LogP contribution in [-0.2, 0) is 23.6 Å². The van der Waals surface area contributed by atoms with E-state index in [9.17, 15) is 17.2 Å². The van der Waals surface area contributed by atoms with Crippen molar-refractivity contribution < 1.29 is 17.2 Å². The first kappa shape index (κ1) is 22.0. The van der Waals surface area contributed by atoms with Crippen molar-refractivity contribution in [3.63, 3.8) is 0 Å². The molecule has 1 aromatic heterocycles. The van der Waals surface area contributed by atoms with Crippen LogP contribution in [0.5, 0.6) is 0 Å². The smallest absolute Gasteiger partial charge is 0.266 e. The summed E-state index contributed by atoms with van der Waals surface area (Å²) in [5.41, 5.74) is 2.17. The summed E-state index contributed by atoms with van der Waals surface area (Å²) in [7, 11) is -2.16. The van der Waals surface area contributed by atoms with Gasteiger partial charge in [-0.15, -0.1) is 0 Å². The highest BCUT2D eigenvalue weighted by molar-refractivity contribution is 7.90. The largest absolute Gasteiger partial charge is 0.324 e. The average Bonchev–Trinajstić information content (AvgIpc) is 3.17. The van der Waals surface area contributed by atoms with Crippen molar-refractivity contribution in [1.29, 1.82) is 0 Å². The molecule has 0 radical (unpaired) electrons. The minimum absolute atomic E-state index is 0.0358. The minimum atomic E-state index is -4.01. The summed E-state index contributed by atoms with van der Waals surface area (Å²) in [6.45, 7) is 1.81. The van der Waals surface area contributed by atoms with Crippen LogP contribution in [0.15, 0.2) is 70.7 Å². The number of sulfonamides is 1. The Kier molecular flexibility index (Phi) is 5.32. The molecule has 4 aromatic rings. The Hall–Kier alpha value is -3.79. The van der Waals surface area contributed by atoms with Gasteiger partial charge in [0.15, 0.2) is 0 Å². The van der Waals surface area contributed by atoms with Gasteiger partial charge in [0, 0.05) is 23.9 Å². The lowest BCUT2D eigenvalue weighted by Crippen LogP contribution is -2.41. The fourth-order valence-electron chi connectivity index (χ4n) is 4.21. The first-order valence-electron chi connectivity index (χ1n) is 10.6. The van der Waals surface area contributed by atoms with Crippen LogP contribution < -0.4 is 10.0 Å². The van der Waals surface area contributed by atoms with Crippen molar-refractivity contribution in [2.75, 3.05) is 5.32 Å². The van der Waals surface area contributed by atoms with Crippen LogP contribution in [0.2, 0.25) is 0 Å². The summed E-state index contributed by atoms with van der Waals surface area (Å²) in [5, 5.41) is 8.07. The summed E-state index contributed by atoms with van der Waals surface area (Å²) in [6, 6.07) is 14.0. The number of hydrogen-bond acceptors (Lipinski definition) is 4. The molecule has 10 heteroatoms. The topological polar surface area (TPSA) is 88.4 Å². The molecule has 0 unspecified atom stereocenters. The predicted octanol–water partition coefficient (Wildman–Crippen LogP) is 4.26. The molecule has 174 valence electrons. The normalized spacial score (nSPS) is 16.6. The Balaban J connectivity index is 1.53. The summed E-state index contributed by atoms with van der Waals surface area (Å²) < 4.78 is 59.4. The second-order valence-corrected chi connectivity index (χ2v) is 9.78. The van der Waals surface area contributed by atoms with E-state index in [0.717, 1.165) is 22.5 Å². The molecule has 0 amide bonds. The fourth-order valence-corrected chi connectivity index (χ4v) is 5.37. The molecule has 0 spiro atoms. The van der Waals surface area contributed by atoms with Crippen LogP contribution in [0.1, 0.15) is 29.5 Å². The average molecular weight is 482 g/mol. The van der Waals surface area contributed by atoms with Crippen molar-refractivity contribution in [2.24, 2.45) is 12.0 Å². The molecular weight excluding hydrogens is 460 g/mol. The van der Waals surface area contributed by atoms with E-state index >= 15 is 0 Å². The van der Waals surface area contributed by atoms with Gasteiger partial charge in [-0.25, -0.2) is 26.9 Å². The molecule has 7 nitrogen and oxygen atoms in total. The molecule has 34 heavy (non-hydrogen) atoms. The van der Waals surface area contributed by atoms with Crippen molar-refractivity contribution in [3.05, 3.63) is 89.1 Å². The summed E-state index contributed by atoms with van der Waals surface area (Å²) >= 11 is 0. The molecule has 0 saturated heterocycles. The quantitative estimate of drug-likeness (QED) is 0.456. The number of halogens is 2. The maximum Gasteiger partial charge on any atom is 0.266 e. The van der Waals surface area contributed by atoms with Gasteiger partial charge in [0.1, 0.15) is 16.5 Å². The SMILES string of the molecule is C[C@@H](c1ccccc1F)c1c(F)ccc2c1NC(=NCc1ccc3c(cnn3C)c1)NS2(=O)=O. The van der Waals surface area contributed by atoms with Crippen LogP contribution in [0, 0.1) is 11.6 Å². The highest BCUT2D eigenvalue weighted by Gasteiger charge is 2.32. The Labute approximate surface area is 195 Å². The first-order chi connectivity index (χ1) is 16.2. The van der Waals surface area contributed by atoms with Gasteiger partial charge >= 0.3 is 0 Å². The van der Waals surface area contributed by atoms with Crippen molar-refractivity contribution in [1.82, 2.24) is 14.5 Å². The van der Waals surface area contributed by atoms with Gasteiger partial charge in [-0.2, -0.15) is 5.10 Å². The highest BCUT2D eigenvalue weighted by atomic mass is 32.2. The van der Waals surface area contributed by atoms with E-state index in [1.165, 1.54) is 12.1 Å². The molecule has 0 fully saturated rings. The van der Waals surface area contributed by atoms with Gasteiger partial charge in [0.2, 0.25) is 5.96 Å². The number of fused-ring (bicyclic) bond motifs is 2. The number of anilines is 1. The molecule has 0 saturated carbocycles. The fraction of sp³-hybridized carbons (Fsp3) is 0.167. The lowest BCUT2D eigenvalue weighted by Gasteiger charge is -2.26. The number of rotatable bonds is 4. The predicted molar refractivity (Wildman–Crippen MR) is 126 cm³/mol. The zero-order valence-electron chi connectivity index (χ0n) is 18.4. The van der Waals surface area contributed by atoms with Gasteiger partial charge in [0.05, 0.1) is 23.9 Å². The molecular formula is C24H21F2N5O2S. The second-order valence-electron chi connectivity index (χ2n) is 8.13. The first-order valence-corrected chi connectivity index (χ1v) is 12.0. The molecule has 0 bridgehead atoms. The Morgan fingerprint density at radius 2 is 1.88 bits per heavy atom. The molecule has 2 N–H and O–H groups in total. The standard InChI is InChI=1S/C24H21F2N5O2S/c1-14(17-5-3-4-6-18(17)25)22-19(26)8-10-21-23(22)29-24(30-34(21,32)33)27-12-15-7-9-20-16(11-15)13-28-31(20)2/h3-11,13-14H,12H2,1-2H3,(H2,27,29,30)/t14-/m0/s1. The number of benzene rings is 3. The molecule has 1 aliphatic heterocycles. The zero-order valence-corrected chi connectivity index (χ0v) is 19.2. The van der Waals surface area contributed by atoms with Crippen molar-refractivity contribution >= 4 is 32.6 Å². The Bertz CT molecular complexity index is 1560. The van der Waals surface area contributed by atoms with E-state index in [0.29, 0.717) is 0 Å². The lowest BCUT2D eigenvalue weighted by atomic mass is 9.91. The Morgan fingerprint density at radius 3 is 2.68 bits per heavy atom. The van der Waals surface area contributed by atoms with Crippen molar-refractivity contribution in [2.45, 2.75) is 24.3 Å². The number of hydrogen-bond donors (Lipinski definition) is 2. The number of aromatic nitrogens is 2. The minimum Gasteiger partial charge on any atom is -0.324 e. The third kappa shape index (κ3) is 3.79. The van der Waals surface area contributed by atoms with E-state index in [1.807, 2.05) is 25.2 Å². The molecule has 5 rings (SSSR count). The molecule has 1 atom stereocenters. The molecule has 3 aromatic carbocycles. The highest BCUT2D eigenvalue weighted by Crippen LogP contribution is 2.38. The number of guanidine groups is 1. The van der Waals surface area contributed by atoms with Crippen LogP contribution in [-0.4, -0.2) is 24.2 Å². The van der Waals surface area contributed by atoms with Gasteiger partial charge in [-0.1, -0.05) is 31.2 Å². The van der Waals surface area contributed by atoms with Crippen LogP contribution in [0.4, 0.5) is 14.5 Å². The zero-order chi connectivity index (χ0) is 24.0. The van der Waals surface area contributed by atoms with Gasteiger partial charge in [-0.05, 0) is 41.5 Å². The second kappa shape index (κ2) is 8.21. The van der Waals surface area contributed by atoms with Crippen molar-refractivity contribution in [3.8, 4) is 0 Å². The monoisotopic (exact) mass is 481 g/mol. The number of aliphatic imine (C=N–C) groups is 1. The summed E-state index contributed by atoms with van der Waals surface area (Å²) in [4.78, 5) is 4.25. The Morgan fingerprint density at radius 1 is 1.09 bits per heavy atom. The maximum atomic E-state index is 15.0.